The number of aromatic amines is 1. The Morgan fingerprint density at radius 3 is 2.89 bits per heavy atom. The summed E-state index contributed by atoms with van der Waals surface area (Å²) in [6.07, 6.45) is 4.84. The van der Waals surface area contributed by atoms with Crippen LogP contribution in [0.5, 0.6) is 5.75 Å². The number of aromatic nitrogens is 5. The molecule has 0 fully saturated rings. The van der Waals surface area contributed by atoms with Gasteiger partial charge in [-0.2, -0.15) is 0 Å². The van der Waals surface area contributed by atoms with Crippen LogP contribution in [0.3, 0.4) is 0 Å². The van der Waals surface area contributed by atoms with Crippen LogP contribution < -0.4 is 4.74 Å². The van der Waals surface area contributed by atoms with E-state index in [1.165, 1.54) is 6.33 Å². The van der Waals surface area contributed by atoms with E-state index in [1.807, 2.05) is 19.1 Å². The van der Waals surface area contributed by atoms with Gasteiger partial charge in [-0.15, -0.1) is 0 Å². The maximum atomic E-state index is 5.34. The first-order valence-electron chi connectivity index (χ1n) is 5.62. The molecular formula is C12H11N5O. The van der Waals surface area contributed by atoms with Gasteiger partial charge in [0, 0.05) is 0 Å². The van der Waals surface area contributed by atoms with Crippen molar-refractivity contribution in [2.24, 2.45) is 0 Å². The fourth-order valence-electron chi connectivity index (χ4n) is 1.66. The summed E-state index contributed by atoms with van der Waals surface area (Å²) in [5.41, 5.74) is 2.18. The number of rotatable bonds is 3. The van der Waals surface area contributed by atoms with Crippen molar-refractivity contribution in [3.8, 4) is 17.3 Å². The Morgan fingerprint density at radius 1 is 1.22 bits per heavy atom. The number of ether oxygens (including phenoxy) is 1. The highest BCUT2D eigenvalue weighted by atomic mass is 16.5. The van der Waals surface area contributed by atoms with Crippen LogP contribution in [0.4, 0.5) is 0 Å². The van der Waals surface area contributed by atoms with E-state index < -0.39 is 0 Å². The molecule has 3 aromatic heterocycles. The van der Waals surface area contributed by atoms with Gasteiger partial charge in [-0.1, -0.05) is 0 Å². The van der Waals surface area contributed by atoms with Gasteiger partial charge < -0.3 is 9.72 Å². The summed E-state index contributed by atoms with van der Waals surface area (Å²) in [7, 11) is 0. The van der Waals surface area contributed by atoms with E-state index >= 15 is 0 Å². The van der Waals surface area contributed by atoms with Crippen molar-refractivity contribution in [1.29, 1.82) is 0 Å². The van der Waals surface area contributed by atoms with E-state index in [1.54, 1.807) is 12.4 Å². The molecule has 6 nitrogen and oxygen atoms in total. The number of imidazole rings is 1. The van der Waals surface area contributed by atoms with Crippen molar-refractivity contribution in [2.75, 3.05) is 6.61 Å². The Bertz CT molecular complexity index is 629. The Kier molecular flexibility index (Phi) is 2.60. The van der Waals surface area contributed by atoms with Crippen LogP contribution in [0.2, 0.25) is 0 Å². The number of fused-ring (bicyclic) bond motifs is 1. The number of H-pyrrole nitrogens is 1. The number of nitrogens with one attached hydrogen (secondary N) is 1. The van der Waals surface area contributed by atoms with Crippen LogP contribution in [-0.2, 0) is 0 Å². The second kappa shape index (κ2) is 4.40. The second-order valence-corrected chi connectivity index (χ2v) is 3.66. The average Bonchev–Trinajstić information content (AvgIpc) is 2.84. The first-order chi connectivity index (χ1) is 8.86. The average molecular weight is 241 g/mol. The molecule has 0 saturated heterocycles. The van der Waals surface area contributed by atoms with Crippen LogP contribution in [0.25, 0.3) is 22.7 Å². The van der Waals surface area contributed by atoms with Crippen molar-refractivity contribution < 1.29 is 4.74 Å². The van der Waals surface area contributed by atoms with Gasteiger partial charge in [0.2, 0.25) is 0 Å². The van der Waals surface area contributed by atoms with Gasteiger partial charge >= 0.3 is 0 Å². The minimum absolute atomic E-state index is 0.626. The highest BCUT2D eigenvalue weighted by Gasteiger charge is 2.07. The van der Waals surface area contributed by atoms with Crippen LogP contribution in [0.1, 0.15) is 6.92 Å². The van der Waals surface area contributed by atoms with Crippen LogP contribution in [-0.4, -0.2) is 31.5 Å². The van der Waals surface area contributed by atoms with Gasteiger partial charge in [0.15, 0.2) is 11.5 Å². The molecule has 0 saturated carbocycles. The van der Waals surface area contributed by atoms with Crippen molar-refractivity contribution in [1.82, 2.24) is 24.9 Å². The zero-order valence-corrected chi connectivity index (χ0v) is 9.79. The van der Waals surface area contributed by atoms with Crippen LogP contribution >= 0.6 is 0 Å². The van der Waals surface area contributed by atoms with Gasteiger partial charge in [0.1, 0.15) is 23.3 Å². The number of nitrogens with zero attached hydrogens (tertiary/aromatic N) is 4. The summed E-state index contributed by atoms with van der Waals surface area (Å²) < 4.78 is 5.34. The number of hydrogen-bond acceptors (Lipinski definition) is 5. The van der Waals surface area contributed by atoms with E-state index in [0.717, 1.165) is 17.0 Å². The number of hydrogen-bond donors (Lipinski definition) is 1. The topological polar surface area (TPSA) is 76.6 Å². The lowest BCUT2D eigenvalue weighted by atomic mass is 10.3. The molecular weight excluding hydrogens is 230 g/mol. The third-order valence-corrected chi connectivity index (χ3v) is 2.45. The molecule has 1 N–H and O–H groups in total. The molecule has 0 spiro atoms. The Morgan fingerprint density at radius 2 is 2.17 bits per heavy atom. The van der Waals surface area contributed by atoms with Crippen LogP contribution in [0, 0.1) is 0 Å². The molecule has 3 heterocycles. The van der Waals surface area contributed by atoms with Crippen molar-refractivity contribution in [3.05, 3.63) is 30.9 Å². The molecule has 6 heteroatoms. The molecule has 0 bridgehead atoms. The molecule has 0 aliphatic rings. The third kappa shape index (κ3) is 1.88. The smallest absolute Gasteiger partial charge is 0.181 e. The lowest BCUT2D eigenvalue weighted by molar-refractivity contribution is 0.339. The van der Waals surface area contributed by atoms with Gasteiger partial charge in [0.25, 0.3) is 0 Å². The second-order valence-electron chi connectivity index (χ2n) is 3.66. The largest absolute Gasteiger partial charge is 0.492 e. The van der Waals surface area contributed by atoms with Crippen molar-refractivity contribution >= 4 is 11.2 Å². The molecule has 90 valence electrons. The zero-order chi connectivity index (χ0) is 12.4. The minimum atomic E-state index is 0.626. The summed E-state index contributed by atoms with van der Waals surface area (Å²) in [5.74, 6) is 1.42. The maximum Gasteiger partial charge on any atom is 0.181 e. The van der Waals surface area contributed by atoms with E-state index in [2.05, 4.69) is 24.9 Å². The molecule has 0 aliphatic heterocycles. The summed E-state index contributed by atoms with van der Waals surface area (Å²) >= 11 is 0. The monoisotopic (exact) mass is 241 g/mol. The van der Waals surface area contributed by atoms with Gasteiger partial charge in [-0.25, -0.2) is 19.9 Å². The molecule has 0 unspecified atom stereocenters. The molecule has 0 radical (unpaired) electrons. The predicted molar refractivity (Wildman–Crippen MR) is 66.1 cm³/mol. The summed E-state index contributed by atoms with van der Waals surface area (Å²) in [6.45, 7) is 2.56. The summed E-state index contributed by atoms with van der Waals surface area (Å²) in [6, 6.07) is 3.72. The fraction of sp³-hybridized carbons (Fsp3) is 0.167. The summed E-state index contributed by atoms with van der Waals surface area (Å²) in [5, 5.41) is 0. The zero-order valence-electron chi connectivity index (χ0n) is 9.79. The predicted octanol–water partition coefficient (Wildman–Crippen LogP) is 1.81. The van der Waals surface area contributed by atoms with Gasteiger partial charge in [0.05, 0.1) is 19.0 Å². The van der Waals surface area contributed by atoms with E-state index in [4.69, 9.17) is 4.74 Å². The van der Waals surface area contributed by atoms with E-state index in [0.29, 0.717) is 18.1 Å². The Balaban J connectivity index is 1.98. The molecule has 0 amide bonds. The fourth-order valence-corrected chi connectivity index (χ4v) is 1.66. The molecule has 0 atom stereocenters. The lowest BCUT2D eigenvalue weighted by Crippen LogP contribution is -1.92. The van der Waals surface area contributed by atoms with Crippen LogP contribution in [0.15, 0.2) is 30.9 Å². The van der Waals surface area contributed by atoms with Crippen molar-refractivity contribution in [3.63, 3.8) is 0 Å². The third-order valence-electron chi connectivity index (χ3n) is 2.45. The standard InChI is InChI=1S/C12H11N5O/c1-2-18-8-3-4-9(14-5-8)12-16-10-6-13-7-15-11(10)17-12/h3-7H,2H2,1H3,(H,13,15,16,17). The lowest BCUT2D eigenvalue weighted by Gasteiger charge is -2.02. The first kappa shape index (κ1) is 10.6. The van der Waals surface area contributed by atoms with Gasteiger partial charge in [-0.3, -0.25) is 0 Å². The maximum absolute atomic E-state index is 5.34. The Labute approximate surface area is 103 Å². The van der Waals surface area contributed by atoms with E-state index in [9.17, 15) is 0 Å². The molecule has 0 aromatic carbocycles. The molecule has 3 rings (SSSR count). The molecule has 0 aliphatic carbocycles. The molecule has 18 heavy (non-hydrogen) atoms. The summed E-state index contributed by atoms with van der Waals surface area (Å²) in [4.78, 5) is 19.8. The quantitative estimate of drug-likeness (QED) is 0.756. The SMILES string of the molecule is CCOc1ccc(-c2nc3ncncc3[nH]2)nc1. The first-order valence-corrected chi connectivity index (χ1v) is 5.62. The highest BCUT2D eigenvalue weighted by Crippen LogP contribution is 2.18. The normalized spacial score (nSPS) is 10.7. The van der Waals surface area contributed by atoms with E-state index in [-0.39, 0.29) is 0 Å². The number of pyridine rings is 1. The Hall–Kier alpha value is -2.50. The minimum Gasteiger partial charge on any atom is -0.492 e. The molecule has 3 aromatic rings. The van der Waals surface area contributed by atoms with Crippen molar-refractivity contribution in [2.45, 2.75) is 6.92 Å². The highest BCUT2D eigenvalue weighted by molar-refractivity contribution is 5.73. The van der Waals surface area contributed by atoms with Gasteiger partial charge in [-0.05, 0) is 19.1 Å².